The Morgan fingerprint density at radius 2 is 1.42 bits per heavy atom. The van der Waals surface area contributed by atoms with Gasteiger partial charge in [0.25, 0.3) is 0 Å². The molecule has 3 rings (SSSR count). The minimum atomic E-state index is -1.01. The summed E-state index contributed by atoms with van der Waals surface area (Å²) in [5.74, 6) is 0.564. The largest absolute Gasteiger partial charge is 0.254 e. The van der Waals surface area contributed by atoms with Crippen molar-refractivity contribution >= 4 is 21.6 Å². The molecule has 94 valence electrons. The first-order valence-corrected chi connectivity index (χ1v) is 7.56. The molecule has 0 aliphatic heterocycles. The maximum absolute atomic E-state index is 12.5. The first-order valence-electron chi connectivity index (χ1n) is 6.25. The van der Waals surface area contributed by atoms with Crippen LogP contribution in [0.15, 0.2) is 77.7 Å². The monoisotopic (exact) mass is 266 g/mol. The molecule has 0 saturated carbocycles. The quantitative estimate of drug-likeness (QED) is 0.696. The molecule has 0 N–H and O–H groups in total. The highest BCUT2D eigenvalue weighted by molar-refractivity contribution is 7.84. The van der Waals surface area contributed by atoms with Gasteiger partial charge in [-0.15, -0.1) is 0 Å². The van der Waals surface area contributed by atoms with Crippen molar-refractivity contribution in [2.45, 2.75) is 10.6 Å². The van der Waals surface area contributed by atoms with E-state index in [1.165, 1.54) is 0 Å². The smallest absolute Gasteiger partial charge is 0.0580 e. The van der Waals surface area contributed by atoms with E-state index in [0.29, 0.717) is 5.75 Å². The zero-order valence-electron chi connectivity index (χ0n) is 10.5. The van der Waals surface area contributed by atoms with E-state index in [9.17, 15) is 4.21 Å². The molecular weight excluding hydrogens is 252 g/mol. The lowest BCUT2D eigenvalue weighted by atomic mass is 10.1. The topological polar surface area (TPSA) is 17.1 Å². The average Bonchev–Trinajstić information content (AvgIpc) is 2.47. The Labute approximate surface area is 115 Å². The van der Waals surface area contributed by atoms with Crippen LogP contribution in [0.2, 0.25) is 0 Å². The highest BCUT2D eigenvalue weighted by Crippen LogP contribution is 2.23. The summed E-state index contributed by atoms with van der Waals surface area (Å²) in [6, 6.07) is 24.0. The summed E-state index contributed by atoms with van der Waals surface area (Å²) < 4.78 is 12.5. The van der Waals surface area contributed by atoms with Crippen LogP contribution in [-0.4, -0.2) is 4.21 Å². The molecule has 0 saturated heterocycles. The van der Waals surface area contributed by atoms with E-state index in [1.54, 1.807) is 0 Å². The Morgan fingerprint density at radius 3 is 2.26 bits per heavy atom. The second-order valence-corrected chi connectivity index (χ2v) is 5.87. The molecule has 0 amide bonds. The highest BCUT2D eigenvalue weighted by atomic mass is 32.2. The summed E-state index contributed by atoms with van der Waals surface area (Å²) in [5, 5.41) is 2.22. The Morgan fingerprint density at radius 1 is 0.737 bits per heavy atom. The highest BCUT2D eigenvalue weighted by Gasteiger charge is 2.08. The van der Waals surface area contributed by atoms with Gasteiger partial charge < -0.3 is 0 Å². The van der Waals surface area contributed by atoms with E-state index in [4.69, 9.17) is 0 Å². The Balaban J connectivity index is 1.98. The molecule has 0 aliphatic carbocycles. The molecule has 0 heterocycles. The number of hydrogen-bond donors (Lipinski definition) is 0. The average molecular weight is 266 g/mol. The first-order chi connectivity index (χ1) is 9.34. The standard InChI is InChI=1S/C17H14OS/c18-19(13-14-7-2-1-3-8-14)17-12-6-10-15-9-4-5-11-16(15)17/h1-12H,13H2. The molecule has 1 atom stereocenters. The summed E-state index contributed by atoms with van der Waals surface area (Å²) in [5.41, 5.74) is 1.11. The predicted octanol–water partition coefficient (Wildman–Crippen LogP) is 4.15. The normalized spacial score (nSPS) is 12.4. The molecule has 0 fully saturated rings. The molecular formula is C17H14OS. The minimum Gasteiger partial charge on any atom is -0.254 e. The van der Waals surface area contributed by atoms with Gasteiger partial charge in [-0.1, -0.05) is 66.7 Å². The van der Waals surface area contributed by atoms with Crippen molar-refractivity contribution in [3.8, 4) is 0 Å². The van der Waals surface area contributed by atoms with Crippen molar-refractivity contribution in [3.05, 3.63) is 78.4 Å². The van der Waals surface area contributed by atoms with Crippen LogP contribution in [0.5, 0.6) is 0 Å². The number of fused-ring (bicyclic) bond motifs is 1. The van der Waals surface area contributed by atoms with Crippen LogP contribution in [-0.2, 0) is 16.6 Å². The third-order valence-corrected chi connectivity index (χ3v) is 4.58. The van der Waals surface area contributed by atoms with E-state index < -0.39 is 10.8 Å². The molecule has 1 nitrogen and oxygen atoms in total. The fourth-order valence-corrected chi connectivity index (χ4v) is 3.51. The molecule has 2 heteroatoms. The Hall–Kier alpha value is -1.93. The third kappa shape index (κ3) is 2.59. The van der Waals surface area contributed by atoms with Gasteiger partial charge in [-0.2, -0.15) is 0 Å². The van der Waals surface area contributed by atoms with Crippen LogP contribution in [0.4, 0.5) is 0 Å². The summed E-state index contributed by atoms with van der Waals surface area (Å²) in [6.45, 7) is 0. The number of benzene rings is 3. The molecule has 0 aliphatic rings. The Bertz CT molecular complexity index is 714. The molecule has 3 aromatic carbocycles. The molecule has 0 bridgehead atoms. The second kappa shape index (κ2) is 5.37. The lowest BCUT2D eigenvalue weighted by Gasteiger charge is -2.06. The van der Waals surface area contributed by atoms with Gasteiger partial charge >= 0.3 is 0 Å². The van der Waals surface area contributed by atoms with Crippen molar-refractivity contribution in [2.75, 3.05) is 0 Å². The van der Waals surface area contributed by atoms with Gasteiger partial charge in [0.15, 0.2) is 0 Å². The van der Waals surface area contributed by atoms with E-state index in [-0.39, 0.29) is 0 Å². The van der Waals surface area contributed by atoms with E-state index >= 15 is 0 Å². The molecule has 0 radical (unpaired) electrons. The first kappa shape index (κ1) is 12.1. The lowest BCUT2D eigenvalue weighted by Crippen LogP contribution is -1.97. The van der Waals surface area contributed by atoms with Crippen molar-refractivity contribution in [1.29, 1.82) is 0 Å². The minimum absolute atomic E-state index is 0.564. The molecule has 1 unspecified atom stereocenters. The van der Waals surface area contributed by atoms with E-state index in [1.807, 2.05) is 60.7 Å². The van der Waals surface area contributed by atoms with Gasteiger partial charge in [-0.3, -0.25) is 4.21 Å². The molecule has 0 aromatic heterocycles. The van der Waals surface area contributed by atoms with Crippen molar-refractivity contribution in [1.82, 2.24) is 0 Å². The third-order valence-electron chi connectivity index (χ3n) is 3.14. The van der Waals surface area contributed by atoms with E-state index in [2.05, 4.69) is 12.1 Å². The van der Waals surface area contributed by atoms with Gasteiger partial charge in [-0.05, 0) is 22.4 Å². The zero-order chi connectivity index (χ0) is 13.1. The van der Waals surface area contributed by atoms with Crippen LogP contribution in [0.1, 0.15) is 5.56 Å². The second-order valence-electron chi connectivity index (χ2n) is 4.45. The van der Waals surface area contributed by atoms with Crippen LogP contribution in [0.25, 0.3) is 10.8 Å². The van der Waals surface area contributed by atoms with Gasteiger partial charge in [0.05, 0.1) is 16.6 Å². The Kier molecular flexibility index (Phi) is 3.43. The van der Waals surface area contributed by atoms with Gasteiger partial charge in [0.2, 0.25) is 0 Å². The number of hydrogen-bond acceptors (Lipinski definition) is 1. The van der Waals surface area contributed by atoms with Gasteiger partial charge in [0.1, 0.15) is 0 Å². The van der Waals surface area contributed by atoms with Crippen molar-refractivity contribution < 1.29 is 4.21 Å². The fraction of sp³-hybridized carbons (Fsp3) is 0.0588. The van der Waals surface area contributed by atoms with E-state index in [0.717, 1.165) is 21.2 Å². The maximum Gasteiger partial charge on any atom is 0.0580 e. The fourth-order valence-electron chi connectivity index (χ4n) is 2.20. The lowest BCUT2D eigenvalue weighted by molar-refractivity contribution is 0.683. The van der Waals surface area contributed by atoms with Crippen LogP contribution < -0.4 is 0 Å². The van der Waals surface area contributed by atoms with Crippen LogP contribution in [0, 0.1) is 0 Å². The van der Waals surface area contributed by atoms with Crippen molar-refractivity contribution in [3.63, 3.8) is 0 Å². The summed E-state index contributed by atoms with van der Waals surface area (Å²) in [4.78, 5) is 0.918. The summed E-state index contributed by atoms with van der Waals surface area (Å²) >= 11 is 0. The van der Waals surface area contributed by atoms with Crippen LogP contribution in [0.3, 0.4) is 0 Å². The molecule has 0 spiro atoms. The van der Waals surface area contributed by atoms with Crippen molar-refractivity contribution in [2.24, 2.45) is 0 Å². The summed E-state index contributed by atoms with van der Waals surface area (Å²) in [7, 11) is -1.01. The molecule has 3 aromatic rings. The maximum atomic E-state index is 12.5. The van der Waals surface area contributed by atoms with Gasteiger partial charge in [0, 0.05) is 4.90 Å². The van der Waals surface area contributed by atoms with Gasteiger partial charge in [-0.25, -0.2) is 0 Å². The summed E-state index contributed by atoms with van der Waals surface area (Å²) in [6.07, 6.45) is 0. The SMILES string of the molecule is O=S(Cc1ccccc1)c1cccc2ccccc12. The predicted molar refractivity (Wildman–Crippen MR) is 80.5 cm³/mol. The van der Waals surface area contributed by atoms with Crippen LogP contribution >= 0.6 is 0 Å². The number of rotatable bonds is 3. The molecule has 19 heavy (non-hydrogen) atoms. The zero-order valence-corrected chi connectivity index (χ0v) is 11.3.